The van der Waals surface area contributed by atoms with Gasteiger partial charge in [-0.3, -0.25) is 4.79 Å². The Morgan fingerprint density at radius 1 is 0.963 bits per heavy atom. The van der Waals surface area contributed by atoms with E-state index in [1.54, 1.807) is 0 Å². The van der Waals surface area contributed by atoms with Gasteiger partial charge < -0.3 is 4.74 Å². The lowest BCUT2D eigenvalue weighted by Gasteiger charge is -2.23. The molecule has 0 amide bonds. The van der Waals surface area contributed by atoms with E-state index in [0.717, 1.165) is 24.8 Å². The van der Waals surface area contributed by atoms with Crippen LogP contribution in [0.1, 0.15) is 61.8 Å². The Balaban J connectivity index is 1.63. The number of aryl methyl sites for hydroxylation is 3. The van der Waals surface area contributed by atoms with Gasteiger partial charge in [0, 0.05) is 0 Å². The quantitative estimate of drug-likeness (QED) is 0.333. The number of rotatable bonds is 8. The average molecular weight is 368 g/mol. The fraction of sp³-hybridized carbons (Fsp3) is 0.458. The molecule has 2 nitrogen and oxygen atoms in total. The van der Waals surface area contributed by atoms with Crippen LogP contribution in [-0.2, 0) is 30.5 Å². The molecule has 0 saturated heterocycles. The van der Waals surface area contributed by atoms with Crippen molar-refractivity contribution in [2.75, 3.05) is 0 Å². The number of hydrogen-bond acceptors (Lipinski definition) is 2. The lowest BCUT2D eigenvalue weighted by atomic mass is 9.92. The molecule has 0 bridgehead atoms. The van der Waals surface area contributed by atoms with Crippen molar-refractivity contribution in [3.8, 4) is 5.75 Å². The summed E-state index contributed by atoms with van der Waals surface area (Å²) in [6.07, 6.45) is 7.52. The molecule has 1 aliphatic rings. The molecule has 0 aliphatic carbocycles. The summed E-state index contributed by atoms with van der Waals surface area (Å²) in [5, 5.41) is 0. The van der Waals surface area contributed by atoms with Gasteiger partial charge in [-0.15, -0.1) is 0 Å². The Kier molecular flexibility index (Phi) is 6.65. The van der Waals surface area contributed by atoms with Crippen LogP contribution in [-0.4, -0.2) is 5.97 Å². The number of unbranched alkanes of at least 4 members (excludes halogenated alkanes) is 2. The summed E-state index contributed by atoms with van der Waals surface area (Å²) in [6, 6.07) is 12.4. The Morgan fingerprint density at radius 3 is 2.33 bits per heavy atom. The number of halogens is 1. The first-order valence-electron chi connectivity index (χ1n) is 10.2. The highest BCUT2D eigenvalue weighted by Crippen LogP contribution is 2.34. The van der Waals surface area contributed by atoms with Crippen molar-refractivity contribution in [2.45, 2.75) is 65.2 Å². The highest BCUT2D eigenvalue weighted by molar-refractivity contribution is 5.78. The van der Waals surface area contributed by atoms with Crippen LogP contribution in [0.25, 0.3) is 0 Å². The maximum atomic E-state index is 14.8. The molecule has 0 fully saturated rings. The van der Waals surface area contributed by atoms with Gasteiger partial charge in [-0.05, 0) is 60.8 Å². The second-order valence-corrected chi connectivity index (χ2v) is 7.53. The summed E-state index contributed by atoms with van der Waals surface area (Å²) in [7, 11) is 0. The van der Waals surface area contributed by atoms with Crippen LogP contribution in [0.3, 0.4) is 0 Å². The fourth-order valence-corrected chi connectivity index (χ4v) is 3.68. The number of fused-ring (bicyclic) bond motifs is 1. The molecule has 1 heterocycles. The van der Waals surface area contributed by atoms with Gasteiger partial charge >= 0.3 is 5.97 Å². The van der Waals surface area contributed by atoms with Crippen LogP contribution >= 0.6 is 0 Å². The molecule has 0 N–H and O–H groups in total. The van der Waals surface area contributed by atoms with Crippen molar-refractivity contribution < 1.29 is 13.9 Å². The molecule has 0 spiro atoms. The second-order valence-electron chi connectivity index (χ2n) is 7.53. The Labute approximate surface area is 161 Å². The number of carbonyl (C=O) groups is 1. The molecule has 144 valence electrons. The standard InChI is InChI=1S/C24H29FO2/c1-3-5-6-7-17-8-10-18(11-9-17)12-13-20-14-15-21-16-19(4-2)24(26)27-23(21)22(20)25/h8-11,14-15,19H,3-7,12-13,16H2,1-2H3. The smallest absolute Gasteiger partial charge is 0.314 e. The molecule has 1 aliphatic heterocycles. The minimum atomic E-state index is -0.369. The minimum absolute atomic E-state index is 0.147. The topological polar surface area (TPSA) is 26.3 Å². The molecule has 0 saturated carbocycles. The highest BCUT2D eigenvalue weighted by atomic mass is 19.1. The maximum absolute atomic E-state index is 14.8. The third kappa shape index (κ3) is 4.77. The summed E-state index contributed by atoms with van der Waals surface area (Å²) < 4.78 is 20.1. The summed E-state index contributed by atoms with van der Waals surface area (Å²) in [4.78, 5) is 12.0. The number of benzene rings is 2. The van der Waals surface area contributed by atoms with Crippen LogP contribution < -0.4 is 4.74 Å². The number of hydrogen-bond donors (Lipinski definition) is 0. The third-order valence-corrected chi connectivity index (χ3v) is 5.53. The molecule has 2 aromatic rings. The SMILES string of the molecule is CCCCCc1ccc(CCc2ccc3c(c2F)OC(=O)C(CC)C3)cc1. The predicted molar refractivity (Wildman–Crippen MR) is 107 cm³/mol. The van der Waals surface area contributed by atoms with Gasteiger partial charge in [0.05, 0.1) is 5.92 Å². The van der Waals surface area contributed by atoms with E-state index >= 15 is 0 Å². The van der Waals surface area contributed by atoms with E-state index in [4.69, 9.17) is 4.74 Å². The summed E-state index contributed by atoms with van der Waals surface area (Å²) in [6.45, 7) is 4.17. The van der Waals surface area contributed by atoms with Crippen LogP contribution in [0, 0.1) is 11.7 Å². The first-order chi connectivity index (χ1) is 13.1. The molecule has 1 atom stereocenters. The van der Waals surface area contributed by atoms with E-state index < -0.39 is 0 Å². The van der Waals surface area contributed by atoms with Crippen LogP contribution in [0.4, 0.5) is 4.39 Å². The normalized spacial score (nSPS) is 16.1. The predicted octanol–water partition coefficient (Wildman–Crippen LogP) is 5.83. The van der Waals surface area contributed by atoms with Crippen molar-refractivity contribution in [1.29, 1.82) is 0 Å². The Bertz CT molecular complexity index is 780. The molecular weight excluding hydrogens is 339 g/mol. The van der Waals surface area contributed by atoms with Crippen molar-refractivity contribution >= 4 is 5.97 Å². The van der Waals surface area contributed by atoms with Crippen molar-refractivity contribution in [3.05, 3.63) is 64.5 Å². The zero-order chi connectivity index (χ0) is 19.2. The van der Waals surface area contributed by atoms with Crippen LogP contribution in [0.5, 0.6) is 5.75 Å². The van der Waals surface area contributed by atoms with E-state index in [1.807, 2.05) is 19.1 Å². The Morgan fingerprint density at radius 2 is 1.67 bits per heavy atom. The van der Waals surface area contributed by atoms with Gasteiger partial charge in [-0.2, -0.15) is 0 Å². The van der Waals surface area contributed by atoms with Gasteiger partial charge in [0.2, 0.25) is 0 Å². The number of esters is 1. The maximum Gasteiger partial charge on any atom is 0.314 e. The summed E-state index contributed by atoms with van der Waals surface area (Å²) in [5.74, 6) is -0.682. The fourth-order valence-electron chi connectivity index (χ4n) is 3.68. The molecule has 0 aromatic heterocycles. The van der Waals surface area contributed by atoms with Crippen molar-refractivity contribution in [3.63, 3.8) is 0 Å². The van der Waals surface area contributed by atoms with Crippen LogP contribution in [0.2, 0.25) is 0 Å². The van der Waals surface area contributed by atoms with E-state index in [1.165, 1.54) is 30.4 Å². The minimum Gasteiger partial charge on any atom is -0.423 e. The molecule has 27 heavy (non-hydrogen) atoms. The molecule has 2 aromatic carbocycles. The molecule has 1 unspecified atom stereocenters. The van der Waals surface area contributed by atoms with Crippen molar-refractivity contribution in [1.82, 2.24) is 0 Å². The first kappa shape index (κ1) is 19.6. The van der Waals surface area contributed by atoms with Crippen molar-refractivity contribution in [2.24, 2.45) is 5.92 Å². The highest BCUT2D eigenvalue weighted by Gasteiger charge is 2.29. The third-order valence-electron chi connectivity index (χ3n) is 5.53. The average Bonchev–Trinajstić information content (AvgIpc) is 2.69. The molecule has 0 radical (unpaired) electrons. The first-order valence-corrected chi connectivity index (χ1v) is 10.2. The van der Waals surface area contributed by atoms with Gasteiger partial charge in [0.25, 0.3) is 0 Å². The molecule has 3 heteroatoms. The Hall–Kier alpha value is -2.16. The van der Waals surface area contributed by atoms with Gasteiger partial charge in [0.1, 0.15) is 0 Å². The lowest BCUT2D eigenvalue weighted by Crippen LogP contribution is -2.28. The van der Waals surface area contributed by atoms with Gasteiger partial charge in [-0.25, -0.2) is 4.39 Å². The van der Waals surface area contributed by atoms with E-state index in [-0.39, 0.29) is 23.5 Å². The summed E-state index contributed by atoms with van der Waals surface area (Å²) >= 11 is 0. The zero-order valence-corrected chi connectivity index (χ0v) is 16.4. The number of ether oxygens (including phenoxy) is 1. The largest absolute Gasteiger partial charge is 0.423 e. The van der Waals surface area contributed by atoms with E-state index in [9.17, 15) is 9.18 Å². The van der Waals surface area contributed by atoms with Crippen LogP contribution in [0.15, 0.2) is 36.4 Å². The van der Waals surface area contributed by atoms with E-state index in [2.05, 4.69) is 31.2 Å². The van der Waals surface area contributed by atoms with Gasteiger partial charge in [0.15, 0.2) is 11.6 Å². The second kappa shape index (κ2) is 9.16. The van der Waals surface area contributed by atoms with Gasteiger partial charge in [-0.1, -0.05) is 63.1 Å². The lowest BCUT2D eigenvalue weighted by molar-refractivity contribution is -0.140. The summed E-state index contributed by atoms with van der Waals surface area (Å²) in [5.41, 5.74) is 3.99. The molecule has 3 rings (SSSR count). The number of carbonyl (C=O) groups excluding carboxylic acids is 1. The zero-order valence-electron chi connectivity index (χ0n) is 16.4. The molecular formula is C24H29FO2. The van der Waals surface area contributed by atoms with E-state index in [0.29, 0.717) is 18.4 Å². The monoisotopic (exact) mass is 368 g/mol.